The number of nitrogens with one attached hydrogen (secondary N) is 1. The molecule has 0 aliphatic carbocycles. The van der Waals surface area contributed by atoms with Crippen molar-refractivity contribution in [3.8, 4) is 5.75 Å². The van der Waals surface area contributed by atoms with Crippen molar-refractivity contribution in [1.29, 1.82) is 0 Å². The number of thioether (sulfide) groups is 1. The van der Waals surface area contributed by atoms with E-state index in [9.17, 15) is 9.59 Å². The molecule has 3 heterocycles. The van der Waals surface area contributed by atoms with Gasteiger partial charge in [0.15, 0.2) is 5.17 Å². The van der Waals surface area contributed by atoms with Crippen LogP contribution >= 0.6 is 23.1 Å². The Morgan fingerprint density at radius 3 is 2.71 bits per heavy atom. The van der Waals surface area contributed by atoms with Crippen molar-refractivity contribution < 1.29 is 19.1 Å². The van der Waals surface area contributed by atoms with Gasteiger partial charge in [0.1, 0.15) is 5.75 Å². The number of hydrogen-bond acceptors (Lipinski definition) is 8. The molecule has 7 nitrogen and oxygen atoms in total. The van der Waals surface area contributed by atoms with Crippen LogP contribution in [0.25, 0.3) is 0 Å². The van der Waals surface area contributed by atoms with Gasteiger partial charge in [-0.05, 0) is 35.8 Å². The molecule has 0 bridgehead atoms. The van der Waals surface area contributed by atoms with Crippen molar-refractivity contribution in [1.82, 2.24) is 10.2 Å². The molecule has 0 spiro atoms. The molecule has 4 rings (SSSR count). The van der Waals surface area contributed by atoms with Crippen molar-refractivity contribution >= 4 is 40.1 Å². The van der Waals surface area contributed by atoms with E-state index in [4.69, 9.17) is 14.5 Å². The van der Waals surface area contributed by atoms with Crippen LogP contribution in [-0.4, -0.2) is 42.7 Å². The number of ether oxygens (including phenoxy) is 2. The topological polar surface area (TPSA) is 80.2 Å². The van der Waals surface area contributed by atoms with Gasteiger partial charge >= 0.3 is 5.97 Å². The number of amidine groups is 1. The van der Waals surface area contributed by atoms with Crippen LogP contribution in [-0.2, 0) is 20.7 Å². The van der Waals surface area contributed by atoms with Gasteiger partial charge in [-0.1, -0.05) is 43.0 Å². The number of thiophene rings is 1. The number of para-hydroxylation sites is 1. The van der Waals surface area contributed by atoms with E-state index in [-0.39, 0.29) is 12.3 Å². The highest BCUT2D eigenvalue weighted by atomic mass is 32.2. The maximum absolute atomic E-state index is 13.0. The Balaban J connectivity index is 1.63. The highest BCUT2D eigenvalue weighted by Crippen LogP contribution is 2.47. The minimum absolute atomic E-state index is 0.0756. The highest BCUT2D eigenvalue weighted by molar-refractivity contribution is 8.16. The average molecular weight is 498 g/mol. The summed E-state index contributed by atoms with van der Waals surface area (Å²) in [5.74, 6) is 0.141. The Morgan fingerprint density at radius 1 is 1.18 bits per heavy atom. The van der Waals surface area contributed by atoms with Gasteiger partial charge in [0.25, 0.3) is 0 Å². The molecule has 0 fully saturated rings. The van der Waals surface area contributed by atoms with Crippen molar-refractivity contribution in [2.45, 2.75) is 32.2 Å². The second kappa shape index (κ2) is 10.9. The Kier molecular flexibility index (Phi) is 7.74. The third kappa shape index (κ3) is 4.90. The standard InChI is InChI=1S/C25H27N3O4S2/c1-4-19-22(24(30)32-3)23(18-9-5-6-10-20(18)31-2)28-16(15-34-25(28)27-19)14-21(29)26-12-11-17-8-7-13-33-17/h5-10,13,15,23H,4,11-12,14H2,1-3H3,(H,26,29)/t23-/m0/s1. The fourth-order valence-electron chi connectivity index (χ4n) is 4.11. The molecule has 1 amide bonds. The second-order valence-electron chi connectivity index (χ2n) is 7.70. The van der Waals surface area contributed by atoms with E-state index >= 15 is 0 Å². The van der Waals surface area contributed by atoms with Crippen molar-refractivity contribution in [3.05, 3.63) is 74.6 Å². The zero-order chi connectivity index (χ0) is 24.1. The van der Waals surface area contributed by atoms with E-state index in [0.717, 1.165) is 22.8 Å². The largest absolute Gasteiger partial charge is 0.496 e. The lowest BCUT2D eigenvalue weighted by molar-refractivity contribution is -0.136. The number of rotatable bonds is 9. The van der Waals surface area contributed by atoms with Crippen LogP contribution in [0.4, 0.5) is 0 Å². The Hall–Kier alpha value is -3.04. The molecule has 0 saturated heterocycles. The number of fused-ring (bicyclic) bond motifs is 1. The third-order valence-corrected chi connectivity index (χ3v) is 7.50. The summed E-state index contributed by atoms with van der Waals surface area (Å²) in [6.07, 6.45) is 1.55. The van der Waals surface area contributed by atoms with Crippen molar-refractivity contribution in [2.75, 3.05) is 20.8 Å². The molecule has 9 heteroatoms. The number of allylic oxidation sites excluding steroid dienone is 1. The van der Waals surface area contributed by atoms with Crippen LogP contribution in [0.2, 0.25) is 0 Å². The predicted octanol–water partition coefficient (Wildman–Crippen LogP) is 4.64. The van der Waals surface area contributed by atoms with Crippen LogP contribution in [0.5, 0.6) is 5.75 Å². The molecule has 178 valence electrons. The molecule has 2 aliphatic rings. The molecule has 2 aromatic rings. The maximum atomic E-state index is 13.0. The number of hydrogen-bond donors (Lipinski definition) is 1. The SMILES string of the molecule is CCC1=C(C(=O)OC)[C@H](c2ccccc2OC)N2C(CC(=O)NCCc3cccs3)=CSC2=N1. The van der Waals surface area contributed by atoms with Crippen LogP contribution < -0.4 is 10.1 Å². The molecule has 1 N–H and O–H groups in total. The number of aliphatic imine (C=N–C) groups is 1. The molecule has 34 heavy (non-hydrogen) atoms. The molecular formula is C25H27N3O4S2. The summed E-state index contributed by atoms with van der Waals surface area (Å²) in [4.78, 5) is 33.7. The van der Waals surface area contributed by atoms with Gasteiger partial charge in [0.2, 0.25) is 5.91 Å². The van der Waals surface area contributed by atoms with E-state index in [1.165, 1.54) is 23.7 Å². The summed E-state index contributed by atoms with van der Waals surface area (Å²) >= 11 is 3.14. The lowest BCUT2D eigenvalue weighted by Crippen LogP contribution is -2.38. The van der Waals surface area contributed by atoms with Crippen molar-refractivity contribution in [3.63, 3.8) is 0 Å². The Labute approximate surface area is 207 Å². The first-order valence-electron chi connectivity index (χ1n) is 11.0. The first-order chi connectivity index (χ1) is 16.6. The van der Waals surface area contributed by atoms with E-state index in [0.29, 0.717) is 30.0 Å². The van der Waals surface area contributed by atoms with Gasteiger partial charge in [-0.3, -0.25) is 4.79 Å². The summed E-state index contributed by atoms with van der Waals surface area (Å²) in [6.45, 7) is 2.54. The third-order valence-electron chi connectivity index (χ3n) is 5.68. The molecular weight excluding hydrogens is 470 g/mol. The lowest BCUT2D eigenvalue weighted by Gasteiger charge is -2.37. The van der Waals surface area contributed by atoms with Gasteiger partial charge in [-0.15, -0.1) is 11.3 Å². The van der Waals surface area contributed by atoms with E-state index in [1.54, 1.807) is 18.4 Å². The summed E-state index contributed by atoms with van der Waals surface area (Å²) in [7, 11) is 2.98. The zero-order valence-corrected chi connectivity index (χ0v) is 21.0. The summed E-state index contributed by atoms with van der Waals surface area (Å²) < 4.78 is 10.8. The fourth-order valence-corrected chi connectivity index (χ4v) is 5.75. The molecule has 1 aromatic carbocycles. The van der Waals surface area contributed by atoms with Crippen LogP contribution in [0, 0.1) is 0 Å². The fraction of sp³-hybridized carbons (Fsp3) is 0.320. The number of nitrogens with zero attached hydrogens (tertiary/aromatic N) is 2. The van der Waals surface area contributed by atoms with Gasteiger partial charge in [0, 0.05) is 22.7 Å². The molecule has 1 aromatic heterocycles. The molecule has 1 atom stereocenters. The maximum Gasteiger partial charge on any atom is 0.338 e. The minimum atomic E-state index is -0.508. The van der Waals surface area contributed by atoms with Crippen LogP contribution in [0.15, 0.2) is 69.1 Å². The lowest BCUT2D eigenvalue weighted by atomic mass is 9.92. The normalized spacial score (nSPS) is 17.1. The van der Waals surface area contributed by atoms with Gasteiger partial charge in [0.05, 0.1) is 38.0 Å². The Bertz CT molecular complexity index is 1150. The molecule has 0 unspecified atom stereocenters. The number of carbonyl (C=O) groups excluding carboxylic acids is 2. The summed E-state index contributed by atoms with van der Waals surface area (Å²) in [5.41, 5.74) is 2.74. The van der Waals surface area contributed by atoms with E-state index in [2.05, 4.69) is 11.4 Å². The predicted molar refractivity (Wildman–Crippen MR) is 136 cm³/mol. The quantitative estimate of drug-likeness (QED) is 0.508. The van der Waals surface area contributed by atoms with Crippen LogP contribution in [0.3, 0.4) is 0 Å². The second-order valence-corrected chi connectivity index (χ2v) is 9.57. The molecule has 0 saturated carbocycles. The van der Waals surface area contributed by atoms with Gasteiger partial charge < -0.3 is 19.7 Å². The smallest absolute Gasteiger partial charge is 0.338 e. The monoisotopic (exact) mass is 497 g/mol. The molecule has 0 radical (unpaired) electrons. The summed E-state index contributed by atoms with van der Waals surface area (Å²) in [6, 6.07) is 11.2. The number of amides is 1. The number of benzene rings is 1. The van der Waals surface area contributed by atoms with E-state index < -0.39 is 12.0 Å². The number of carbonyl (C=O) groups is 2. The molecule has 2 aliphatic heterocycles. The minimum Gasteiger partial charge on any atom is -0.496 e. The van der Waals surface area contributed by atoms with Gasteiger partial charge in [-0.25, -0.2) is 9.79 Å². The highest BCUT2D eigenvalue weighted by Gasteiger charge is 2.42. The van der Waals surface area contributed by atoms with E-state index in [1.807, 2.05) is 52.9 Å². The first-order valence-corrected chi connectivity index (χ1v) is 12.8. The van der Waals surface area contributed by atoms with Crippen molar-refractivity contribution in [2.24, 2.45) is 4.99 Å². The first kappa shape index (κ1) is 24.1. The van der Waals surface area contributed by atoms with Crippen LogP contribution in [0.1, 0.15) is 36.2 Å². The zero-order valence-electron chi connectivity index (χ0n) is 19.4. The average Bonchev–Trinajstić information content (AvgIpc) is 3.52. The Morgan fingerprint density at radius 2 is 2.00 bits per heavy atom. The summed E-state index contributed by atoms with van der Waals surface area (Å²) in [5, 5.41) is 7.72. The number of esters is 1. The van der Waals surface area contributed by atoms with Gasteiger partial charge in [-0.2, -0.15) is 0 Å². The number of methoxy groups -OCH3 is 2.